The number of rotatable bonds is 3. The second-order valence-electron chi connectivity index (χ2n) is 5.45. The van der Waals surface area contributed by atoms with Gasteiger partial charge in [-0.15, -0.1) is 0 Å². The molecule has 1 amide bonds. The average Bonchev–Trinajstić information content (AvgIpc) is 2.99. The summed E-state index contributed by atoms with van der Waals surface area (Å²) in [6.07, 6.45) is 8.94. The van der Waals surface area contributed by atoms with Crippen molar-refractivity contribution in [3.05, 3.63) is 48.3 Å². The number of hydrogen-bond donors (Lipinski definition) is 1. The minimum Gasteiger partial charge on any atom is -0.348 e. The summed E-state index contributed by atoms with van der Waals surface area (Å²) in [6, 6.07) is 6.34. The Morgan fingerprint density at radius 1 is 1.19 bits per heavy atom. The van der Waals surface area contributed by atoms with Crippen molar-refractivity contribution in [1.29, 1.82) is 0 Å². The fourth-order valence-corrected chi connectivity index (χ4v) is 2.70. The molecule has 21 heavy (non-hydrogen) atoms. The first-order valence-corrected chi connectivity index (χ1v) is 7.33. The van der Waals surface area contributed by atoms with Crippen LogP contribution in [0.2, 0.25) is 0 Å². The third-order valence-electron chi connectivity index (χ3n) is 3.88. The van der Waals surface area contributed by atoms with E-state index in [2.05, 4.69) is 10.3 Å². The van der Waals surface area contributed by atoms with Crippen molar-refractivity contribution in [2.45, 2.75) is 38.1 Å². The number of hydrogen-bond acceptors (Lipinski definition) is 2. The largest absolute Gasteiger partial charge is 0.348 e. The Morgan fingerprint density at radius 2 is 1.90 bits per heavy atom. The molecule has 1 N–H and O–H groups in total. The number of aromatic nitrogens is 2. The number of nitrogens with one attached hydrogen (secondary N) is 1. The molecule has 0 saturated heterocycles. The molecule has 0 radical (unpaired) electrons. The van der Waals surface area contributed by atoms with Gasteiger partial charge < -0.3 is 9.88 Å². The van der Waals surface area contributed by atoms with Crippen LogP contribution >= 0.6 is 0 Å². The number of carbonyl (C=O) groups is 1. The highest BCUT2D eigenvalue weighted by atomic mass is 19.1. The van der Waals surface area contributed by atoms with Gasteiger partial charge in [-0.3, -0.25) is 4.79 Å². The molecule has 1 aliphatic rings. The number of imidazole rings is 1. The predicted molar refractivity (Wildman–Crippen MR) is 77.9 cm³/mol. The van der Waals surface area contributed by atoms with Crippen LogP contribution in [0, 0.1) is 5.82 Å². The van der Waals surface area contributed by atoms with Crippen LogP contribution in [0.4, 0.5) is 4.39 Å². The lowest BCUT2D eigenvalue weighted by Gasteiger charge is -2.22. The highest BCUT2D eigenvalue weighted by molar-refractivity contribution is 5.92. The van der Waals surface area contributed by atoms with Gasteiger partial charge in [0.25, 0.3) is 5.91 Å². The molecule has 1 fully saturated rings. The highest BCUT2D eigenvalue weighted by Gasteiger charge is 2.18. The van der Waals surface area contributed by atoms with Crippen molar-refractivity contribution in [3.8, 4) is 5.69 Å². The van der Waals surface area contributed by atoms with E-state index in [-0.39, 0.29) is 17.8 Å². The van der Waals surface area contributed by atoms with Gasteiger partial charge in [0.1, 0.15) is 17.8 Å². The van der Waals surface area contributed by atoms with Crippen LogP contribution in [0.15, 0.2) is 36.8 Å². The van der Waals surface area contributed by atoms with Crippen LogP contribution in [0.25, 0.3) is 5.69 Å². The summed E-state index contributed by atoms with van der Waals surface area (Å²) in [5.74, 6) is -0.420. The Morgan fingerprint density at radius 3 is 2.62 bits per heavy atom. The normalized spacial score (nSPS) is 15.9. The van der Waals surface area contributed by atoms with E-state index in [9.17, 15) is 9.18 Å². The first-order valence-electron chi connectivity index (χ1n) is 7.33. The average molecular weight is 287 g/mol. The van der Waals surface area contributed by atoms with Gasteiger partial charge in [0, 0.05) is 17.9 Å². The minimum atomic E-state index is -0.283. The second kappa shape index (κ2) is 6.08. The SMILES string of the molecule is O=C(NC1CCCCC1)c1cn(-c2ccc(F)cc2)cn1. The molecule has 0 atom stereocenters. The van der Waals surface area contributed by atoms with E-state index in [0.29, 0.717) is 5.69 Å². The molecule has 5 heteroatoms. The Kier molecular flexibility index (Phi) is 3.99. The quantitative estimate of drug-likeness (QED) is 0.943. The molecular weight excluding hydrogens is 269 g/mol. The molecule has 0 spiro atoms. The van der Waals surface area contributed by atoms with Gasteiger partial charge >= 0.3 is 0 Å². The van der Waals surface area contributed by atoms with Gasteiger partial charge in [-0.2, -0.15) is 0 Å². The summed E-state index contributed by atoms with van der Waals surface area (Å²) in [5.41, 5.74) is 1.17. The van der Waals surface area contributed by atoms with Gasteiger partial charge in [0.2, 0.25) is 0 Å². The van der Waals surface area contributed by atoms with Crippen molar-refractivity contribution in [1.82, 2.24) is 14.9 Å². The summed E-state index contributed by atoms with van der Waals surface area (Å²) in [7, 11) is 0. The lowest BCUT2D eigenvalue weighted by atomic mass is 9.95. The van der Waals surface area contributed by atoms with Crippen LogP contribution in [0.1, 0.15) is 42.6 Å². The van der Waals surface area contributed by atoms with E-state index in [1.54, 1.807) is 29.2 Å². The van der Waals surface area contributed by atoms with Crippen molar-refractivity contribution in [2.24, 2.45) is 0 Å². The maximum Gasteiger partial charge on any atom is 0.271 e. The van der Waals surface area contributed by atoms with E-state index >= 15 is 0 Å². The Labute approximate surface area is 123 Å². The van der Waals surface area contributed by atoms with E-state index in [1.807, 2.05) is 0 Å². The maximum atomic E-state index is 12.9. The third-order valence-corrected chi connectivity index (χ3v) is 3.88. The zero-order valence-corrected chi connectivity index (χ0v) is 11.8. The number of halogens is 1. The zero-order valence-electron chi connectivity index (χ0n) is 11.8. The standard InChI is InChI=1S/C16H18FN3O/c17-12-6-8-14(9-7-12)20-10-15(18-11-20)16(21)19-13-4-2-1-3-5-13/h6-11,13H,1-5H2,(H,19,21). The van der Waals surface area contributed by atoms with Crippen LogP contribution in [0.5, 0.6) is 0 Å². The van der Waals surface area contributed by atoms with Gasteiger partial charge in [0.05, 0.1) is 0 Å². The Bertz CT molecular complexity index is 615. The first kappa shape index (κ1) is 13.8. The first-order chi connectivity index (χ1) is 10.2. The minimum absolute atomic E-state index is 0.136. The lowest BCUT2D eigenvalue weighted by molar-refractivity contribution is 0.0923. The molecule has 3 rings (SSSR count). The molecule has 1 aliphatic carbocycles. The number of benzene rings is 1. The number of carbonyl (C=O) groups excluding carboxylic acids is 1. The van der Waals surface area contributed by atoms with E-state index in [1.165, 1.54) is 31.4 Å². The number of amides is 1. The van der Waals surface area contributed by atoms with E-state index < -0.39 is 0 Å². The molecular formula is C16H18FN3O. The van der Waals surface area contributed by atoms with Gasteiger partial charge in [-0.25, -0.2) is 9.37 Å². The molecule has 4 nitrogen and oxygen atoms in total. The molecule has 0 aliphatic heterocycles. The van der Waals surface area contributed by atoms with Crippen molar-refractivity contribution < 1.29 is 9.18 Å². The fraction of sp³-hybridized carbons (Fsp3) is 0.375. The zero-order chi connectivity index (χ0) is 14.7. The molecule has 0 unspecified atom stereocenters. The summed E-state index contributed by atoms with van der Waals surface area (Å²) >= 11 is 0. The van der Waals surface area contributed by atoms with Gasteiger partial charge in [-0.1, -0.05) is 19.3 Å². The Hall–Kier alpha value is -2.17. The van der Waals surface area contributed by atoms with Crippen molar-refractivity contribution in [2.75, 3.05) is 0 Å². The maximum absolute atomic E-state index is 12.9. The molecule has 0 bridgehead atoms. The third kappa shape index (κ3) is 3.29. The van der Waals surface area contributed by atoms with Crippen molar-refractivity contribution >= 4 is 5.91 Å². The lowest BCUT2D eigenvalue weighted by Crippen LogP contribution is -2.36. The monoisotopic (exact) mass is 287 g/mol. The van der Waals surface area contributed by atoms with Crippen LogP contribution in [-0.4, -0.2) is 21.5 Å². The topological polar surface area (TPSA) is 46.9 Å². The van der Waals surface area contributed by atoms with Crippen LogP contribution in [0.3, 0.4) is 0 Å². The second-order valence-corrected chi connectivity index (χ2v) is 5.45. The van der Waals surface area contributed by atoms with Gasteiger partial charge in [0.15, 0.2) is 0 Å². The van der Waals surface area contributed by atoms with Crippen LogP contribution in [-0.2, 0) is 0 Å². The number of nitrogens with zero attached hydrogens (tertiary/aromatic N) is 2. The molecule has 1 saturated carbocycles. The molecule has 1 heterocycles. The summed E-state index contributed by atoms with van der Waals surface area (Å²) in [6.45, 7) is 0. The van der Waals surface area contributed by atoms with Crippen molar-refractivity contribution in [3.63, 3.8) is 0 Å². The summed E-state index contributed by atoms with van der Waals surface area (Å²) in [4.78, 5) is 16.3. The molecule has 110 valence electrons. The fourth-order valence-electron chi connectivity index (χ4n) is 2.70. The summed E-state index contributed by atoms with van der Waals surface area (Å²) < 4.78 is 14.6. The Balaban J connectivity index is 1.69. The molecule has 2 aromatic rings. The summed E-state index contributed by atoms with van der Waals surface area (Å²) in [5, 5.41) is 3.03. The van der Waals surface area contributed by atoms with E-state index in [4.69, 9.17) is 0 Å². The smallest absolute Gasteiger partial charge is 0.271 e. The van der Waals surface area contributed by atoms with Crippen LogP contribution < -0.4 is 5.32 Å². The molecule has 1 aromatic heterocycles. The highest BCUT2D eigenvalue weighted by Crippen LogP contribution is 2.18. The predicted octanol–water partition coefficient (Wildman–Crippen LogP) is 3.07. The van der Waals surface area contributed by atoms with Gasteiger partial charge in [-0.05, 0) is 37.1 Å². The van der Waals surface area contributed by atoms with E-state index in [0.717, 1.165) is 18.5 Å². The molecule has 1 aromatic carbocycles.